The summed E-state index contributed by atoms with van der Waals surface area (Å²) in [4.78, 5) is 22.5. The summed E-state index contributed by atoms with van der Waals surface area (Å²) in [5, 5.41) is 0. The van der Waals surface area contributed by atoms with Gasteiger partial charge in [0.2, 0.25) is 0 Å². The molecule has 0 saturated heterocycles. The van der Waals surface area contributed by atoms with Crippen LogP contribution in [0.15, 0.2) is 12.7 Å². The van der Waals surface area contributed by atoms with E-state index in [1.54, 1.807) is 0 Å². The first-order valence-corrected chi connectivity index (χ1v) is 12.5. The zero-order chi connectivity index (χ0) is 24.2. The Morgan fingerprint density at radius 2 is 0.970 bits per heavy atom. The summed E-state index contributed by atoms with van der Waals surface area (Å²) in [6.45, 7) is 9.43. The van der Waals surface area contributed by atoms with Gasteiger partial charge in [0, 0.05) is 12.5 Å². The summed E-state index contributed by atoms with van der Waals surface area (Å²) in [6.07, 6.45) is 12.7. The monoisotopic (exact) mass is 474 g/mol. The van der Waals surface area contributed by atoms with E-state index in [9.17, 15) is 9.59 Å². The van der Waals surface area contributed by atoms with E-state index in [2.05, 4.69) is 13.5 Å². The minimum Gasteiger partial charge on any atom is -0.463 e. The number of rotatable bonds is 26. The lowest BCUT2D eigenvalue weighted by atomic mass is 10.1. The zero-order valence-electron chi connectivity index (χ0n) is 20.7. The fraction of sp³-hybridized carbons (Fsp3) is 0.840. The Kier molecular flexibility index (Phi) is 25.6. The number of ether oxygens (including phenoxy) is 6. The molecule has 0 heterocycles. The fourth-order valence-corrected chi connectivity index (χ4v) is 2.89. The average Bonchev–Trinajstić information content (AvgIpc) is 2.82. The number of carbonyl (C=O) groups is 2. The molecule has 0 aliphatic heterocycles. The third kappa shape index (κ3) is 26.7. The SMILES string of the molecule is C=CC(=O)OCCOCCOCCOCCOCCOC(=O)CCCCCCCCCCC. The third-order valence-corrected chi connectivity index (χ3v) is 4.73. The van der Waals surface area contributed by atoms with Gasteiger partial charge in [-0.05, 0) is 6.42 Å². The standard InChI is InChI=1S/C25H46O8/c1-3-5-6-7-8-9-10-11-12-13-25(27)33-23-21-31-19-17-29-15-14-28-16-18-30-20-22-32-24(26)4-2/h4H,2-3,5-23H2,1H3. The number of hydrogen-bond donors (Lipinski definition) is 0. The molecule has 0 aromatic heterocycles. The second kappa shape index (κ2) is 26.8. The molecule has 0 bridgehead atoms. The topological polar surface area (TPSA) is 89.5 Å². The van der Waals surface area contributed by atoms with Gasteiger partial charge in [0.15, 0.2) is 0 Å². The highest BCUT2D eigenvalue weighted by Gasteiger charge is 2.02. The zero-order valence-corrected chi connectivity index (χ0v) is 20.7. The molecule has 0 N–H and O–H groups in total. The van der Waals surface area contributed by atoms with Crippen molar-refractivity contribution in [1.29, 1.82) is 0 Å². The largest absolute Gasteiger partial charge is 0.463 e. The van der Waals surface area contributed by atoms with Crippen molar-refractivity contribution in [2.45, 2.75) is 71.1 Å². The van der Waals surface area contributed by atoms with E-state index in [-0.39, 0.29) is 19.2 Å². The Morgan fingerprint density at radius 1 is 0.576 bits per heavy atom. The molecular weight excluding hydrogens is 428 g/mol. The van der Waals surface area contributed by atoms with Crippen LogP contribution in [-0.2, 0) is 38.0 Å². The van der Waals surface area contributed by atoms with E-state index in [0.29, 0.717) is 59.3 Å². The lowest BCUT2D eigenvalue weighted by Gasteiger charge is -2.08. The van der Waals surface area contributed by atoms with Gasteiger partial charge in [0.1, 0.15) is 13.2 Å². The van der Waals surface area contributed by atoms with Crippen molar-refractivity contribution in [3.8, 4) is 0 Å². The summed E-state index contributed by atoms with van der Waals surface area (Å²) < 4.78 is 31.3. The minimum absolute atomic E-state index is 0.142. The first-order valence-electron chi connectivity index (χ1n) is 12.5. The molecule has 0 aromatic rings. The lowest BCUT2D eigenvalue weighted by Crippen LogP contribution is -2.15. The van der Waals surface area contributed by atoms with Crippen molar-refractivity contribution in [3.63, 3.8) is 0 Å². The van der Waals surface area contributed by atoms with Gasteiger partial charge in [0.25, 0.3) is 0 Å². The van der Waals surface area contributed by atoms with E-state index in [4.69, 9.17) is 28.4 Å². The van der Waals surface area contributed by atoms with Gasteiger partial charge >= 0.3 is 11.9 Å². The van der Waals surface area contributed by atoms with Crippen LogP contribution in [0.3, 0.4) is 0 Å². The summed E-state index contributed by atoms with van der Waals surface area (Å²) in [6, 6.07) is 0. The molecule has 8 heteroatoms. The van der Waals surface area contributed by atoms with Crippen molar-refractivity contribution in [2.24, 2.45) is 0 Å². The van der Waals surface area contributed by atoms with E-state index in [1.165, 1.54) is 44.9 Å². The van der Waals surface area contributed by atoms with Crippen molar-refractivity contribution in [2.75, 3.05) is 66.1 Å². The Morgan fingerprint density at radius 3 is 1.42 bits per heavy atom. The first kappa shape index (κ1) is 31.5. The van der Waals surface area contributed by atoms with E-state index >= 15 is 0 Å². The molecule has 0 fully saturated rings. The quantitative estimate of drug-likeness (QED) is 0.104. The maximum Gasteiger partial charge on any atom is 0.330 e. The van der Waals surface area contributed by atoms with Gasteiger partial charge in [0.05, 0.1) is 52.9 Å². The lowest BCUT2D eigenvalue weighted by molar-refractivity contribution is -0.145. The molecule has 0 rings (SSSR count). The average molecular weight is 475 g/mol. The van der Waals surface area contributed by atoms with Crippen LogP contribution in [0.25, 0.3) is 0 Å². The molecule has 0 aliphatic rings. The van der Waals surface area contributed by atoms with Crippen LogP contribution in [0, 0.1) is 0 Å². The molecule has 194 valence electrons. The van der Waals surface area contributed by atoms with Crippen LogP contribution in [0.4, 0.5) is 0 Å². The van der Waals surface area contributed by atoms with Crippen LogP contribution in [-0.4, -0.2) is 78.0 Å². The Bertz CT molecular complexity index is 456. The Labute approximate surface area is 200 Å². The molecule has 0 atom stereocenters. The fourth-order valence-electron chi connectivity index (χ4n) is 2.89. The van der Waals surface area contributed by atoms with Gasteiger partial charge in [-0.15, -0.1) is 0 Å². The second-order valence-electron chi connectivity index (χ2n) is 7.62. The van der Waals surface area contributed by atoms with E-state index in [0.717, 1.165) is 18.9 Å². The Balaban J connectivity index is 3.16. The highest BCUT2D eigenvalue weighted by atomic mass is 16.6. The molecule has 0 aromatic carbocycles. The molecular formula is C25H46O8. The molecule has 0 aliphatic carbocycles. The van der Waals surface area contributed by atoms with E-state index in [1.807, 2.05) is 0 Å². The van der Waals surface area contributed by atoms with Crippen molar-refractivity contribution < 1.29 is 38.0 Å². The van der Waals surface area contributed by atoms with E-state index < -0.39 is 5.97 Å². The van der Waals surface area contributed by atoms with Gasteiger partial charge in [-0.3, -0.25) is 4.79 Å². The molecule has 0 radical (unpaired) electrons. The molecule has 0 spiro atoms. The van der Waals surface area contributed by atoms with Crippen molar-refractivity contribution >= 4 is 11.9 Å². The predicted molar refractivity (Wildman–Crippen MR) is 127 cm³/mol. The van der Waals surface area contributed by atoms with Gasteiger partial charge in [-0.2, -0.15) is 0 Å². The number of esters is 2. The highest BCUT2D eigenvalue weighted by molar-refractivity contribution is 5.81. The molecule has 8 nitrogen and oxygen atoms in total. The number of unbranched alkanes of at least 4 members (excludes halogenated alkanes) is 8. The third-order valence-electron chi connectivity index (χ3n) is 4.73. The smallest absolute Gasteiger partial charge is 0.330 e. The minimum atomic E-state index is -0.457. The van der Waals surface area contributed by atoms with Gasteiger partial charge < -0.3 is 28.4 Å². The molecule has 33 heavy (non-hydrogen) atoms. The van der Waals surface area contributed by atoms with Crippen LogP contribution < -0.4 is 0 Å². The van der Waals surface area contributed by atoms with Crippen LogP contribution >= 0.6 is 0 Å². The van der Waals surface area contributed by atoms with Gasteiger partial charge in [-0.1, -0.05) is 64.9 Å². The molecule has 0 unspecified atom stereocenters. The Hall–Kier alpha value is -1.48. The summed E-state index contributed by atoms with van der Waals surface area (Å²) >= 11 is 0. The van der Waals surface area contributed by atoms with Crippen LogP contribution in [0.5, 0.6) is 0 Å². The van der Waals surface area contributed by atoms with Crippen LogP contribution in [0.1, 0.15) is 71.1 Å². The second-order valence-corrected chi connectivity index (χ2v) is 7.62. The molecule has 0 saturated carbocycles. The number of hydrogen-bond acceptors (Lipinski definition) is 8. The maximum absolute atomic E-state index is 11.7. The summed E-state index contributed by atoms with van der Waals surface area (Å²) in [7, 11) is 0. The molecule has 0 amide bonds. The number of carbonyl (C=O) groups excluding carboxylic acids is 2. The van der Waals surface area contributed by atoms with Crippen molar-refractivity contribution in [3.05, 3.63) is 12.7 Å². The predicted octanol–water partition coefficient (Wildman–Crippen LogP) is 4.25. The highest BCUT2D eigenvalue weighted by Crippen LogP contribution is 2.10. The van der Waals surface area contributed by atoms with Crippen molar-refractivity contribution in [1.82, 2.24) is 0 Å². The van der Waals surface area contributed by atoms with Gasteiger partial charge in [-0.25, -0.2) is 4.79 Å². The summed E-state index contributed by atoms with van der Waals surface area (Å²) in [5.41, 5.74) is 0. The normalized spacial score (nSPS) is 10.8. The van der Waals surface area contributed by atoms with Crippen LogP contribution in [0.2, 0.25) is 0 Å². The maximum atomic E-state index is 11.7. The summed E-state index contributed by atoms with van der Waals surface area (Å²) in [5.74, 6) is -0.599. The first-order chi connectivity index (χ1) is 16.2.